The Labute approximate surface area is 215 Å². The van der Waals surface area contributed by atoms with Gasteiger partial charge in [-0.25, -0.2) is 13.7 Å². The highest BCUT2D eigenvalue weighted by molar-refractivity contribution is 7.07. The minimum atomic E-state index is -0.336. The quantitative estimate of drug-likeness (QED) is 0.372. The van der Waals surface area contributed by atoms with Crippen molar-refractivity contribution in [1.29, 1.82) is 0 Å². The minimum Gasteiger partial charge on any atom is -0.482 e. The second-order valence-corrected chi connectivity index (χ2v) is 9.60. The maximum absolute atomic E-state index is 13.4. The summed E-state index contributed by atoms with van der Waals surface area (Å²) in [5, 5.41) is 14.4. The lowest BCUT2D eigenvalue weighted by Crippen LogP contribution is -2.25. The predicted molar refractivity (Wildman–Crippen MR) is 139 cm³/mol. The molecule has 0 unspecified atom stereocenters. The van der Waals surface area contributed by atoms with E-state index in [9.17, 15) is 9.18 Å². The molecule has 1 N–H and O–H groups in total. The summed E-state index contributed by atoms with van der Waals surface area (Å²) in [5.74, 6) is 0.0812. The Kier molecular flexibility index (Phi) is 6.46. The van der Waals surface area contributed by atoms with Crippen LogP contribution in [0, 0.1) is 12.7 Å². The molecule has 2 aromatic heterocycles. The lowest BCUT2D eigenvalue weighted by atomic mass is 10.1. The third-order valence-electron chi connectivity index (χ3n) is 5.38. The van der Waals surface area contributed by atoms with Crippen LogP contribution >= 0.6 is 22.9 Å². The predicted octanol–water partition coefficient (Wildman–Crippen LogP) is 5.03. The molecule has 4 aromatic rings. The molecule has 5 rings (SSSR count). The van der Waals surface area contributed by atoms with Gasteiger partial charge in [-0.15, -0.1) is 11.3 Å². The van der Waals surface area contributed by atoms with Crippen molar-refractivity contribution in [3.8, 4) is 22.7 Å². The molecule has 0 atom stereocenters. The van der Waals surface area contributed by atoms with Crippen LogP contribution in [0.5, 0.6) is 5.75 Å². The van der Waals surface area contributed by atoms with Crippen LogP contribution in [0.25, 0.3) is 16.9 Å². The first-order chi connectivity index (χ1) is 17.3. The number of carbonyl (C=O) groups is 1. The van der Waals surface area contributed by atoms with Crippen LogP contribution in [0.4, 0.5) is 10.1 Å². The lowest BCUT2D eigenvalue weighted by Gasteiger charge is -2.18. The third kappa shape index (κ3) is 4.69. The van der Waals surface area contributed by atoms with Gasteiger partial charge in [-0.1, -0.05) is 11.6 Å². The highest BCUT2D eigenvalue weighted by Gasteiger charge is 2.18. The van der Waals surface area contributed by atoms with Gasteiger partial charge in [0, 0.05) is 17.0 Å². The van der Waals surface area contributed by atoms with Gasteiger partial charge in [-0.2, -0.15) is 10.2 Å². The number of aryl methyl sites for hydroxylation is 1. The number of fused-ring (bicyclic) bond motifs is 1. The number of aromatic nitrogens is 3. The van der Waals surface area contributed by atoms with Gasteiger partial charge in [0.25, 0.3) is 5.91 Å². The van der Waals surface area contributed by atoms with E-state index < -0.39 is 0 Å². The fraction of sp³-hybridized carbons (Fsp3) is 0.200. The molecule has 0 fully saturated rings. The van der Waals surface area contributed by atoms with Gasteiger partial charge < -0.3 is 10.1 Å². The Balaban J connectivity index is 1.57. The van der Waals surface area contributed by atoms with Crippen molar-refractivity contribution in [2.45, 2.75) is 26.8 Å². The molecule has 0 saturated carbocycles. The first kappa shape index (κ1) is 24.0. The van der Waals surface area contributed by atoms with E-state index in [1.165, 1.54) is 23.5 Å². The smallest absolute Gasteiger partial charge is 0.262 e. The monoisotopic (exact) mass is 524 g/mol. The lowest BCUT2D eigenvalue weighted by molar-refractivity contribution is -0.118. The van der Waals surface area contributed by atoms with Gasteiger partial charge in [0.05, 0.1) is 34.5 Å². The molecule has 36 heavy (non-hydrogen) atoms. The number of thiazole rings is 1. The highest BCUT2D eigenvalue weighted by atomic mass is 35.5. The van der Waals surface area contributed by atoms with Gasteiger partial charge in [-0.05, 0) is 63.2 Å². The van der Waals surface area contributed by atoms with Gasteiger partial charge in [0.1, 0.15) is 16.7 Å². The minimum absolute atomic E-state index is 0.00176. The van der Waals surface area contributed by atoms with Crippen molar-refractivity contribution >= 4 is 40.7 Å². The zero-order valence-electron chi connectivity index (χ0n) is 19.7. The summed E-state index contributed by atoms with van der Waals surface area (Å²) in [6.45, 7) is 5.82. The Bertz CT molecular complexity index is 1550. The SMILES string of the molecule is Cc1nn(-c2ccc(F)cc2)c(Cl)c1C=Nn1c(-c2ccc3c(c2)NC(=O)CO3)csc1=NC(C)C. The van der Waals surface area contributed by atoms with Crippen LogP contribution in [0.1, 0.15) is 25.1 Å². The van der Waals surface area contributed by atoms with E-state index >= 15 is 0 Å². The summed E-state index contributed by atoms with van der Waals surface area (Å²) >= 11 is 8.11. The standard InChI is InChI=1S/C25H22ClFN6O2S/c1-14(2)29-25-33(21(13-36-25)16-4-9-22-20(10-16)30-23(34)12-35-22)28-11-19-15(3)31-32(24(19)26)18-7-5-17(27)6-8-18/h4-11,13-14H,12H2,1-3H3,(H,30,34). The number of rotatable bonds is 5. The summed E-state index contributed by atoms with van der Waals surface area (Å²) in [6, 6.07) is 11.6. The van der Waals surface area contributed by atoms with Crippen molar-refractivity contribution in [3.63, 3.8) is 0 Å². The fourth-order valence-electron chi connectivity index (χ4n) is 3.69. The Morgan fingerprint density at radius 2 is 2.03 bits per heavy atom. The first-order valence-corrected chi connectivity index (χ1v) is 12.4. The molecule has 0 radical (unpaired) electrons. The molecule has 0 aliphatic carbocycles. The largest absolute Gasteiger partial charge is 0.482 e. The average molecular weight is 525 g/mol. The summed E-state index contributed by atoms with van der Waals surface area (Å²) in [4.78, 5) is 17.2. The molecule has 2 aromatic carbocycles. The van der Waals surface area contributed by atoms with E-state index in [1.807, 2.05) is 44.4 Å². The molecular formula is C25H22ClFN6O2S. The summed E-state index contributed by atoms with van der Waals surface area (Å²) < 4.78 is 22.1. The maximum Gasteiger partial charge on any atom is 0.262 e. The van der Waals surface area contributed by atoms with E-state index in [-0.39, 0.29) is 24.4 Å². The topological polar surface area (TPSA) is 85.8 Å². The van der Waals surface area contributed by atoms with Crippen LogP contribution < -0.4 is 14.9 Å². The second-order valence-electron chi connectivity index (χ2n) is 8.41. The number of ether oxygens (including phenoxy) is 1. The number of nitrogens with zero attached hydrogens (tertiary/aromatic N) is 5. The molecule has 0 spiro atoms. The molecule has 3 heterocycles. The van der Waals surface area contributed by atoms with Crippen molar-refractivity contribution in [2.24, 2.45) is 10.1 Å². The van der Waals surface area contributed by atoms with E-state index in [2.05, 4.69) is 10.4 Å². The number of carbonyl (C=O) groups excluding carboxylic acids is 1. The average Bonchev–Trinajstić information content (AvgIpc) is 3.36. The Morgan fingerprint density at radius 1 is 1.25 bits per heavy atom. The maximum atomic E-state index is 13.4. The van der Waals surface area contributed by atoms with Gasteiger partial charge in [0.2, 0.25) is 4.80 Å². The Morgan fingerprint density at radius 3 is 2.78 bits per heavy atom. The third-order valence-corrected chi connectivity index (χ3v) is 6.58. The second kappa shape index (κ2) is 9.71. The van der Waals surface area contributed by atoms with Gasteiger partial charge in [-0.3, -0.25) is 9.79 Å². The number of hydrogen-bond acceptors (Lipinski definition) is 6. The number of halogens is 2. The zero-order chi connectivity index (χ0) is 25.4. The number of benzene rings is 2. The zero-order valence-corrected chi connectivity index (χ0v) is 21.3. The number of anilines is 1. The molecule has 0 saturated heterocycles. The van der Waals surface area contributed by atoms with Crippen LogP contribution in [0.2, 0.25) is 5.15 Å². The molecular weight excluding hydrogens is 503 g/mol. The van der Waals surface area contributed by atoms with Gasteiger partial charge in [0.15, 0.2) is 6.61 Å². The van der Waals surface area contributed by atoms with E-state index in [0.717, 1.165) is 11.3 Å². The van der Waals surface area contributed by atoms with Crippen LogP contribution in [0.15, 0.2) is 57.9 Å². The molecule has 0 bridgehead atoms. The molecule has 8 nitrogen and oxygen atoms in total. The molecule has 1 aliphatic rings. The summed E-state index contributed by atoms with van der Waals surface area (Å²) in [7, 11) is 0. The van der Waals surface area contributed by atoms with Crippen LogP contribution in [-0.4, -0.2) is 39.2 Å². The van der Waals surface area contributed by atoms with Crippen molar-refractivity contribution in [2.75, 3.05) is 11.9 Å². The van der Waals surface area contributed by atoms with E-state index in [0.29, 0.717) is 38.3 Å². The van der Waals surface area contributed by atoms with Crippen LogP contribution in [-0.2, 0) is 4.79 Å². The van der Waals surface area contributed by atoms with Crippen LogP contribution in [0.3, 0.4) is 0 Å². The molecule has 184 valence electrons. The van der Waals surface area contributed by atoms with Gasteiger partial charge >= 0.3 is 0 Å². The van der Waals surface area contributed by atoms with Crippen molar-refractivity contribution in [3.05, 3.63) is 74.9 Å². The van der Waals surface area contributed by atoms with E-state index in [1.54, 1.807) is 27.7 Å². The molecule has 11 heteroatoms. The van der Waals surface area contributed by atoms with Crippen molar-refractivity contribution < 1.29 is 13.9 Å². The number of hydrogen-bond donors (Lipinski definition) is 1. The number of nitrogens with one attached hydrogen (secondary N) is 1. The van der Waals surface area contributed by atoms with Crippen molar-refractivity contribution in [1.82, 2.24) is 14.5 Å². The summed E-state index contributed by atoms with van der Waals surface area (Å²) in [5.41, 5.74) is 4.17. The first-order valence-electron chi connectivity index (χ1n) is 11.2. The Hall–Kier alpha value is -3.76. The molecule has 1 amide bonds. The molecule has 1 aliphatic heterocycles. The highest BCUT2D eigenvalue weighted by Crippen LogP contribution is 2.33. The summed E-state index contributed by atoms with van der Waals surface area (Å²) in [6.07, 6.45) is 1.64. The normalized spacial score (nSPS) is 13.8. The fourth-order valence-corrected chi connectivity index (χ4v) is 4.98. The van der Waals surface area contributed by atoms with E-state index in [4.69, 9.17) is 26.4 Å². The number of amides is 1.